The molecule has 0 spiro atoms. The highest BCUT2D eigenvalue weighted by Crippen LogP contribution is 2.38. The molecule has 0 amide bonds. The van der Waals surface area contributed by atoms with E-state index in [0.29, 0.717) is 17.4 Å². The standard InChI is InChI=1S/C76H134NO8P/c1-6-8-10-12-14-16-18-20-22-24-26-28-30-32-33-34-35-36-37-38-39-40-41-42-43-45-46-48-50-52-54-56-58-60-62-64-66-68-75(78)82-72-74(73-84-86(80,81)83-71-70-77(3,4)5)85-76(79)69-67-65-63-61-59-57-55-53-51-49-47-44-31-29-27-25-23-21-19-17-15-13-11-9-7-2/h9,11,15,17-18,20-21,23-24,26-27,29-30,32,44,47,51,53,74H,6-8,10,12-14,16,19,22,25,28,31,33-43,45-46,48-50,52,54-73H2,1-5H3/b11-9-,17-15-,20-18-,23-21-,26-24-,29-27-,32-30-,47-44-,53-51-. The number of nitrogens with zero attached hydrogens (tertiary/aromatic N) is 1. The lowest BCUT2D eigenvalue weighted by atomic mass is 10.0. The van der Waals surface area contributed by atoms with Gasteiger partial charge in [-0.15, -0.1) is 0 Å². The fraction of sp³-hybridized carbons (Fsp3) is 0.737. The number of quaternary nitrogens is 1. The summed E-state index contributed by atoms with van der Waals surface area (Å²) in [5.41, 5.74) is 0. The van der Waals surface area contributed by atoms with Gasteiger partial charge in [0.15, 0.2) is 6.10 Å². The monoisotopic (exact) mass is 1220 g/mol. The smallest absolute Gasteiger partial charge is 0.306 e. The number of hydrogen-bond donors (Lipinski definition) is 0. The van der Waals surface area contributed by atoms with E-state index in [1.807, 2.05) is 21.1 Å². The topological polar surface area (TPSA) is 111 Å². The molecule has 0 aromatic rings. The molecule has 2 unspecified atom stereocenters. The number of ether oxygens (including phenoxy) is 2. The summed E-state index contributed by atoms with van der Waals surface area (Å²) in [6.45, 7) is 4.12. The number of esters is 2. The maximum atomic E-state index is 12.8. The first-order valence-corrected chi connectivity index (χ1v) is 37.1. The second kappa shape index (κ2) is 66.1. The molecule has 2 atom stereocenters. The molecule has 86 heavy (non-hydrogen) atoms. The van der Waals surface area contributed by atoms with E-state index in [9.17, 15) is 19.0 Å². The van der Waals surface area contributed by atoms with Gasteiger partial charge in [0.1, 0.15) is 19.8 Å². The Morgan fingerprint density at radius 3 is 0.988 bits per heavy atom. The number of carbonyl (C=O) groups excluding carboxylic acids is 2. The second-order valence-corrected chi connectivity index (χ2v) is 26.3. The second-order valence-electron chi connectivity index (χ2n) is 24.9. The van der Waals surface area contributed by atoms with Gasteiger partial charge in [-0.05, 0) is 103 Å². The first kappa shape index (κ1) is 82.7. The van der Waals surface area contributed by atoms with E-state index in [1.54, 1.807) is 0 Å². The zero-order valence-corrected chi connectivity index (χ0v) is 57.4. The third kappa shape index (κ3) is 69.8. The Morgan fingerprint density at radius 2 is 0.663 bits per heavy atom. The normalized spacial score (nSPS) is 13.8. The summed E-state index contributed by atoms with van der Waals surface area (Å²) in [6.07, 6.45) is 93.2. The van der Waals surface area contributed by atoms with Crippen LogP contribution in [-0.2, 0) is 32.7 Å². The van der Waals surface area contributed by atoms with E-state index in [2.05, 4.69) is 123 Å². The molecule has 0 saturated carbocycles. The maximum absolute atomic E-state index is 12.8. The lowest BCUT2D eigenvalue weighted by molar-refractivity contribution is -0.870. The number of rotatable bonds is 65. The first-order chi connectivity index (χ1) is 42.0. The summed E-state index contributed by atoms with van der Waals surface area (Å²) in [5, 5.41) is 0. The largest absolute Gasteiger partial charge is 0.756 e. The molecule has 0 radical (unpaired) electrons. The maximum Gasteiger partial charge on any atom is 0.306 e. The number of phosphoric acid groups is 1. The molecule has 0 aromatic carbocycles. The van der Waals surface area contributed by atoms with Crippen molar-refractivity contribution in [3.8, 4) is 0 Å². The van der Waals surface area contributed by atoms with Gasteiger partial charge >= 0.3 is 11.9 Å². The fourth-order valence-electron chi connectivity index (χ4n) is 9.85. The molecule has 0 bridgehead atoms. The Morgan fingerprint density at radius 1 is 0.372 bits per heavy atom. The number of allylic oxidation sites excluding steroid dienone is 18. The van der Waals surface area contributed by atoms with Crippen molar-refractivity contribution >= 4 is 19.8 Å². The van der Waals surface area contributed by atoms with Gasteiger partial charge in [0, 0.05) is 12.8 Å². The summed E-state index contributed by atoms with van der Waals surface area (Å²) in [4.78, 5) is 38.1. The van der Waals surface area contributed by atoms with Gasteiger partial charge in [0.05, 0.1) is 27.7 Å². The molecule has 0 aromatic heterocycles. The molecular formula is C76H134NO8P. The number of unbranched alkanes of at least 4 members (excludes halogenated alkanes) is 33. The van der Waals surface area contributed by atoms with Crippen LogP contribution in [0, 0.1) is 0 Å². The minimum atomic E-state index is -4.65. The van der Waals surface area contributed by atoms with Crippen molar-refractivity contribution in [1.82, 2.24) is 0 Å². The van der Waals surface area contributed by atoms with E-state index in [4.69, 9.17) is 18.5 Å². The number of phosphoric ester groups is 1. The molecule has 496 valence electrons. The van der Waals surface area contributed by atoms with Crippen LogP contribution in [0.4, 0.5) is 0 Å². The molecular weight excluding hydrogens is 1090 g/mol. The van der Waals surface area contributed by atoms with Crippen LogP contribution in [0.15, 0.2) is 109 Å². The van der Waals surface area contributed by atoms with Gasteiger partial charge in [-0.3, -0.25) is 14.2 Å². The third-order valence-corrected chi connectivity index (χ3v) is 16.2. The summed E-state index contributed by atoms with van der Waals surface area (Å²) in [6, 6.07) is 0. The van der Waals surface area contributed by atoms with Gasteiger partial charge in [-0.25, -0.2) is 0 Å². The van der Waals surface area contributed by atoms with Crippen LogP contribution in [0.25, 0.3) is 0 Å². The zero-order valence-electron chi connectivity index (χ0n) is 56.5. The van der Waals surface area contributed by atoms with Gasteiger partial charge in [-0.1, -0.05) is 303 Å². The molecule has 0 aliphatic rings. The molecule has 0 aliphatic heterocycles. The van der Waals surface area contributed by atoms with Gasteiger partial charge in [0.25, 0.3) is 7.82 Å². The van der Waals surface area contributed by atoms with E-state index in [1.165, 1.54) is 167 Å². The third-order valence-electron chi connectivity index (χ3n) is 15.3. The van der Waals surface area contributed by atoms with E-state index >= 15 is 0 Å². The van der Waals surface area contributed by atoms with Crippen molar-refractivity contribution < 1.29 is 42.1 Å². The van der Waals surface area contributed by atoms with Gasteiger partial charge in [0.2, 0.25) is 0 Å². The highest BCUT2D eigenvalue weighted by Gasteiger charge is 2.22. The molecule has 0 aliphatic carbocycles. The summed E-state index contributed by atoms with van der Waals surface area (Å²) >= 11 is 0. The SMILES string of the molecule is CC/C=C\C/C=C\C/C=C\C/C=C\C/C=C\C/C=C\CCCCCCCCC(=O)OC(COC(=O)CCCCCCCCCCCCCCCCCCCCCCCC/C=C\C/C=C\C/C=C\CCCCCCC)COP(=O)([O-])OCC[N+](C)(C)C. The summed E-state index contributed by atoms with van der Waals surface area (Å²) in [7, 11) is 1.15. The minimum absolute atomic E-state index is 0.0379. The molecule has 0 N–H and O–H groups in total. The molecule has 0 fully saturated rings. The van der Waals surface area contributed by atoms with Crippen LogP contribution < -0.4 is 4.89 Å². The van der Waals surface area contributed by atoms with Crippen molar-refractivity contribution in [2.45, 2.75) is 315 Å². The molecule has 9 nitrogen and oxygen atoms in total. The molecule has 10 heteroatoms. The highest BCUT2D eigenvalue weighted by atomic mass is 31.2. The highest BCUT2D eigenvalue weighted by molar-refractivity contribution is 7.45. The minimum Gasteiger partial charge on any atom is -0.756 e. The average molecular weight is 1220 g/mol. The first-order valence-electron chi connectivity index (χ1n) is 35.6. The van der Waals surface area contributed by atoms with Crippen LogP contribution in [0.3, 0.4) is 0 Å². The fourth-order valence-corrected chi connectivity index (χ4v) is 10.6. The summed E-state index contributed by atoms with van der Waals surface area (Å²) in [5.74, 6) is -0.845. The Kier molecular flexibility index (Phi) is 63.5. The van der Waals surface area contributed by atoms with Crippen LogP contribution >= 0.6 is 7.82 Å². The van der Waals surface area contributed by atoms with E-state index in [-0.39, 0.29) is 32.0 Å². The number of likely N-dealkylation sites (N-methyl/N-ethyl adjacent to an activating group) is 1. The van der Waals surface area contributed by atoms with Crippen molar-refractivity contribution in [3.63, 3.8) is 0 Å². The number of carbonyl (C=O) groups is 2. The quantitative estimate of drug-likeness (QED) is 0.0195. The predicted molar refractivity (Wildman–Crippen MR) is 369 cm³/mol. The van der Waals surface area contributed by atoms with Gasteiger partial charge < -0.3 is 27.9 Å². The van der Waals surface area contributed by atoms with Crippen molar-refractivity contribution in [2.24, 2.45) is 0 Å². The van der Waals surface area contributed by atoms with Crippen molar-refractivity contribution in [3.05, 3.63) is 109 Å². The Hall–Kier alpha value is -3.33. The van der Waals surface area contributed by atoms with E-state index in [0.717, 1.165) is 109 Å². The Balaban J connectivity index is 4.02. The zero-order chi connectivity index (χ0) is 62.6. The van der Waals surface area contributed by atoms with Crippen LogP contribution in [0.1, 0.15) is 309 Å². The molecule has 0 saturated heterocycles. The van der Waals surface area contributed by atoms with Crippen LogP contribution in [-0.4, -0.2) is 70.0 Å². The van der Waals surface area contributed by atoms with Gasteiger partial charge in [-0.2, -0.15) is 0 Å². The van der Waals surface area contributed by atoms with Crippen LogP contribution in [0.5, 0.6) is 0 Å². The molecule has 0 heterocycles. The predicted octanol–water partition coefficient (Wildman–Crippen LogP) is 22.6. The Bertz CT molecular complexity index is 1820. The van der Waals surface area contributed by atoms with Crippen LogP contribution in [0.2, 0.25) is 0 Å². The lowest BCUT2D eigenvalue weighted by Gasteiger charge is -2.28. The number of hydrogen-bond acceptors (Lipinski definition) is 8. The lowest BCUT2D eigenvalue weighted by Crippen LogP contribution is -2.37. The summed E-state index contributed by atoms with van der Waals surface area (Å²) < 4.78 is 34.3. The Labute approximate surface area is 531 Å². The van der Waals surface area contributed by atoms with Crippen molar-refractivity contribution in [2.75, 3.05) is 47.5 Å². The average Bonchev–Trinajstić information content (AvgIpc) is 3.70. The van der Waals surface area contributed by atoms with E-state index < -0.39 is 26.5 Å². The van der Waals surface area contributed by atoms with Crippen molar-refractivity contribution in [1.29, 1.82) is 0 Å². The molecule has 0 rings (SSSR count).